The van der Waals surface area contributed by atoms with Crippen LogP contribution in [-0.2, 0) is 7.05 Å². The first kappa shape index (κ1) is 11.8. The Balaban J connectivity index is 2.00. The van der Waals surface area contributed by atoms with Gasteiger partial charge in [-0.25, -0.2) is 0 Å². The van der Waals surface area contributed by atoms with Gasteiger partial charge in [0.25, 0.3) is 0 Å². The molecule has 2 heterocycles. The van der Waals surface area contributed by atoms with Gasteiger partial charge in [-0.15, -0.1) is 10.2 Å². The van der Waals surface area contributed by atoms with Crippen LogP contribution in [-0.4, -0.2) is 9.67 Å². The van der Waals surface area contributed by atoms with Gasteiger partial charge in [0.2, 0.25) is 0 Å². The Morgan fingerprint density at radius 3 is 2.90 bits per heavy atom. The van der Waals surface area contributed by atoms with Crippen molar-refractivity contribution in [2.24, 2.45) is 22.5 Å². The van der Waals surface area contributed by atoms with Gasteiger partial charge in [-0.2, -0.15) is 0 Å². The number of hydrogen-bond acceptors (Lipinski definition) is 4. The number of aryl methyl sites for hydroxylation is 1. The maximum Gasteiger partial charge on any atom is 0.199 e. The number of fused-ring (bicyclic) bond motifs is 2. The van der Waals surface area contributed by atoms with Crippen molar-refractivity contribution in [3.8, 4) is 5.88 Å². The molecule has 5 heteroatoms. The van der Waals surface area contributed by atoms with Crippen molar-refractivity contribution in [1.29, 1.82) is 0 Å². The molecule has 4 rings (SSSR count). The zero-order valence-corrected chi connectivity index (χ0v) is 11.4. The molecule has 1 N–H and O–H groups in total. The lowest BCUT2D eigenvalue weighted by Crippen LogP contribution is -2.06. The van der Waals surface area contributed by atoms with Gasteiger partial charge in [0.1, 0.15) is 11.0 Å². The standard InChI is InChI=1S/C16H12N4O/c1-20-15-5-3-2-4-11(15)12(16(20)21)8-10-6-7-13-14(9-10)18-19-17-13/h2-9,21H,1H3. The summed E-state index contributed by atoms with van der Waals surface area (Å²) in [6, 6.07) is 13.7. The molecule has 0 saturated heterocycles. The van der Waals surface area contributed by atoms with Gasteiger partial charge in [-0.3, -0.25) is 0 Å². The summed E-state index contributed by atoms with van der Waals surface area (Å²) in [5.41, 5.74) is 2.56. The molecule has 0 radical (unpaired) electrons. The van der Waals surface area contributed by atoms with Gasteiger partial charge >= 0.3 is 0 Å². The smallest absolute Gasteiger partial charge is 0.199 e. The number of hydrogen-bond donors (Lipinski definition) is 1. The van der Waals surface area contributed by atoms with Crippen LogP contribution in [0.3, 0.4) is 0 Å². The van der Waals surface area contributed by atoms with Crippen LogP contribution in [0.1, 0.15) is 5.56 Å². The summed E-state index contributed by atoms with van der Waals surface area (Å²) in [6.07, 6.45) is 1.95. The van der Waals surface area contributed by atoms with Crippen molar-refractivity contribution in [2.45, 2.75) is 0 Å². The summed E-state index contributed by atoms with van der Waals surface area (Å²) in [5, 5.41) is 24.6. The Labute approximate surface area is 120 Å². The van der Waals surface area contributed by atoms with Crippen LogP contribution in [0.5, 0.6) is 5.88 Å². The highest BCUT2D eigenvalue weighted by Gasteiger charge is 2.11. The molecular weight excluding hydrogens is 264 g/mol. The fourth-order valence-corrected chi connectivity index (χ4v) is 2.63. The molecule has 21 heavy (non-hydrogen) atoms. The molecule has 5 nitrogen and oxygen atoms in total. The number of aromatic nitrogens is 1. The summed E-state index contributed by atoms with van der Waals surface area (Å²) in [7, 11) is 1.85. The van der Waals surface area contributed by atoms with Crippen molar-refractivity contribution in [3.05, 3.63) is 58.6 Å². The number of para-hydroxylation sites is 1. The highest BCUT2D eigenvalue weighted by atomic mass is 16.3. The van der Waals surface area contributed by atoms with Gasteiger partial charge in [0.05, 0.1) is 5.52 Å². The first-order valence-electron chi connectivity index (χ1n) is 6.61. The highest BCUT2D eigenvalue weighted by Crippen LogP contribution is 2.30. The molecule has 0 bridgehead atoms. The van der Waals surface area contributed by atoms with E-state index in [1.165, 1.54) is 0 Å². The summed E-state index contributed by atoms with van der Waals surface area (Å²) in [5.74, 6) is 0.253. The van der Waals surface area contributed by atoms with Crippen LogP contribution in [0.4, 0.5) is 5.69 Å². The molecule has 102 valence electrons. The third kappa shape index (κ3) is 1.74. The fraction of sp³-hybridized carbons (Fsp3) is 0.0625. The predicted octanol–water partition coefficient (Wildman–Crippen LogP) is 2.34. The molecular formula is C16H12N4O. The Bertz CT molecular complexity index is 1010. The van der Waals surface area contributed by atoms with E-state index in [2.05, 4.69) is 15.4 Å². The maximum atomic E-state index is 10.3. The van der Waals surface area contributed by atoms with E-state index < -0.39 is 0 Å². The van der Waals surface area contributed by atoms with E-state index in [0.29, 0.717) is 0 Å². The molecule has 2 aromatic carbocycles. The molecule has 0 aliphatic carbocycles. The van der Waals surface area contributed by atoms with Crippen LogP contribution in [0.25, 0.3) is 17.0 Å². The number of benzene rings is 2. The minimum atomic E-state index is 0.253. The van der Waals surface area contributed by atoms with Gasteiger partial charge < -0.3 is 9.67 Å². The maximum absolute atomic E-state index is 10.3. The lowest BCUT2D eigenvalue weighted by atomic mass is 10.1. The van der Waals surface area contributed by atoms with E-state index in [1.54, 1.807) is 4.57 Å². The first-order chi connectivity index (χ1) is 10.2. The number of rotatable bonds is 1. The normalized spacial score (nSPS) is 13.7. The molecule has 0 spiro atoms. The Morgan fingerprint density at radius 1 is 1.14 bits per heavy atom. The van der Waals surface area contributed by atoms with E-state index in [0.717, 1.165) is 32.7 Å². The van der Waals surface area contributed by atoms with Crippen LogP contribution < -0.4 is 10.6 Å². The van der Waals surface area contributed by atoms with Crippen LogP contribution in [0, 0.1) is 0 Å². The SMILES string of the molecule is Cn1c(O)c(C=c2ccc3c(c2)N=NN=3)c2ccccc21. The zero-order valence-electron chi connectivity index (χ0n) is 11.4. The molecule has 0 atom stereocenters. The Kier molecular flexibility index (Phi) is 2.41. The molecule has 0 amide bonds. The van der Waals surface area contributed by atoms with E-state index in [-0.39, 0.29) is 5.88 Å². The largest absolute Gasteiger partial charge is 0.494 e. The van der Waals surface area contributed by atoms with Crippen molar-refractivity contribution >= 4 is 22.7 Å². The molecule has 1 aliphatic heterocycles. The second-order valence-electron chi connectivity index (χ2n) is 5.00. The van der Waals surface area contributed by atoms with E-state index >= 15 is 0 Å². The lowest BCUT2D eigenvalue weighted by molar-refractivity contribution is 0.434. The van der Waals surface area contributed by atoms with E-state index in [9.17, 15) is 5.11 Å². The molecule has 1 aliphatic rings. The van der Waals surface area contributed by atoms with Crippen molar-refractivity contribution in [2.75, 3.05) is 0 Å². The average molecular weight is 276 g/mol. The first-order valence-corrected chi connectivity index (χ1v) is 6.61. The molecule has 0 unspecified atom stereocenters. The lowest BCUT2D eigenvalue weighted by Gasteiger charge is -1.96. The third-order valence-corrected chi connectivity index (χ3v) is 3.73. The van der Waals surface area contributed by atoms with Crippen molar-refractivity contribution in [3.63, 3.8) is 0 Å². The highest BCUT2D eigenvalue weighted by molar-refractivity contribution is 5.92. The predicted molar refractivity (Wildman–Crippen MR) is 79.9 cm³/mol. The molecule has 3 aromatic rings. The third-order valence-electron chi connectivity index (χ3n) is 3.73. The van der Waals surface area contributed by atoms with Gasteiger partial charge in [-0.05, 0) is 34.7 Å². The second kappa shape index (κ2) is 4.28. The van der Waals surface area contributed by atoms with Gasteiger partial charge in [-0.1, -0.05) is 24.3 Å². The van der Waals surface area contributed by atoms with Gasteiger partial charge in [0.15, 0.2) is 5.88 Å². The summed E-state index contributed by atoms with van der Waals surface area (Å²) < 4.78 is 1.78. The molecule has 1 aromatic heterocycles. The topological polar surface area (TPSA) is 62.2 Å². The Hall–Kier alpha value is -2.95. The Morgan fingerprint density at radius 2 is 2.00 bits per heavy atom. The summed E-state index contributed by atoms with van der Waals surface area (Å²) in [6.45, 7) is 0. The van der Waals surface area contributed by atoms with Crippen molar-refractivity contribution < 1.29 is 5.11 Å². The minimum absolute atomic E-state index is 0.253. The monoisotopic (exact) mass is 276 g/mol. The summed E-state index contributed by atoms with van der Waals surface area (Å²) >= 11 is 0. The van der Waals surface area contributed by atoms with Gasteiger partial charge in [0, 0.05) is 18.0 Å². The van der Waals surface area contributed by atoms with E-state index in [4.69, 9.17) is 0 Å². The average Bonchev–Trinajstić information content (AvgIpc) is 3.06. The van der Waals surface area contributed by atoms with Crippen LogP contribution >= 0.6 is 0 Å². The summed E-state index contributed by atoms with van der Waals surface area (Å²) in [4.78, 5) is 0. The second-order valence-corrected chi connectivity index (χ2v) is 5.00. The molecule has 0 saturated carbocycles. The zero-order chi connectivity index (χ0) is 14.4. The van der Waals surface area contributed by atoms with Crippen LogP contribution in [0.15, 0.2) is 57.9 Å². The van der Waals surface area contributed by atoms with Crippen LogP contribution in [0.2, 0.25) is 0 Å². The number of aromatic hydroxyl groups is 1. The van der Waals surface area contributed by atoms with Crippen molar-refractivity contribution in [1.82, 2.24) is 4.57 Å². The minimum Gasteiger partial charge on any atom is -0.494 e. The quantitative estimate of drug-likeness (QED) is 0.728. The molecule has 0 fully saturated rings. The number of nitrogens with zero attached hydrogens (tertiary/aromatic N) is 4. The fourth-order valence-electron chi connectivity index (χ4n) is 2.63. The van der Waals surface area contributed by atoms with E-state index in [1.807, 2.05) is 55.6 Å².